The summed E-state index contributed by atoms with van der Waals surface area (Å²) in [5.41, 5.74) is 2.12. The van der Waals surface area contributed by atoms with Gasteiger partial charge in [-0.25, -0.2) is 4.98 Å². The summed E-state index contributed by atoms with van der Waals surface area (Å²) in [4.78, 5) is 27.7. The molecule has 0 unspecified atom stereocenters. The molecule has 1 fully saturated rings. The second-order valence-electron chi connectivity index (χ2n) is 5.29. The number of carboxylic acids is 1. The summed E-state index contributed by atoms with van der Waals surface area (Å²) in [6.07, 6.45) is 3.10. The van der Waals surface area contributed by atoms with E-state index in [1.807, 2.05) is 0 Å². The first-order valence-electron chi connectivity index (χ1n) is 6.92. The first-order valence-corrected chi connectivity index (χ1v) is 7.80. The first-order chi connectivity index (χ1) is 10.1. The number of nitrogens with one attached hydrogen (secondary N) is 1. The van der Waals surface area contributed by atoms with E-state index in [0.717, 1.165) is 12.8 Å². The van der Waals surface area contributed by atoms with Crippen LogP contribution in [0.15, 0.2) is 16.4 Å². The number of fused-ring (bicyclic) bond motifs is 1. The minimum Gasteiger partial charge on any atom is -0.481 e. The Hall–Kier alpha value is -1.80. The lowest BCUT2D eigenvalue weighted by molar-refractivity contribution is -0.142. The van der Waals surface area contributed by atoms with Crippen LogP contribution >= 0.6 is 11.3 Å². The molecule has 2 aromatic heterocycles. The molecule has 0 aromatic carbocycles. The molecule has 0 saturated heterocycles. The van der Waals surface area contributed by atoms with Gasteiger partial charge in [-0.1, -0.05) is 11.3 Å². The van der Waals surface area contributed by atoms with Crippen LogP contribution in [0.25, 0.3) is 4.96 Å². The van der Waals surface area contributed by atoms with Gasteiger partial charge in [0.25, 0.3) is 5.56 Å². The lowest BCUT2D eigenvalue weighted by Gasteiger charge is -2.26. The molecule has 7 nitrogen and oxygen atoms in total. The number of carbonyl (C=O) groups is 1. The minimum absolute atomic E-state index is 0.173. The Labute approximate surface area is 124 Å². The number of hydrogen-bond acceptors (Lipinski definition) is 6. The third-order valence-corrected chi connectivity index (χ3v) is 4.56. The third kappa shape index (κ3) is 3.11. The first kappa shape index (κ1) is 14.2. The number of nitrogens with zero attached hydrogens (tertiary/aromatic N) is 3. The highest BCUT2D eigenvalue weighted by molar-refractivity contribution is 7.14. The maximum absolute atomic E-state index is 11.8. The van der Waals surface area contributed by atoms with Crippen LogP contribution in [0.5, 0.6) is 0 Å². The Kier molecular flexibility index (Phi) is 3.98. The summed E-state index contributed by atoms with van der Waals surface area (Å²) in [7, 11) is 0. The summed E-state index contributed by atoms with van der Waals surface area (Å²) in [5.74, 6) is -0.904. The summed E-state index contributed by atoms with van der Waals surface area (Å²) >= 11 is 1.33. The molecule has 2 N–H and O–H groups in total. The zero-order chi connectivity index (χ0) is 14.8. The highest BCUT2D eigenvalue weighted by Gasteiger charge is 2.25. The lowest BCUT2D eigenvalue weighted by atomic mass is 9.86. The van der Waals surface area contributed by atoms with E-state index in [1.54, 1.807) is 5.51 Å². The van der Waals surface area contributed by atoms with Crippen molar-refractivity contribution in [1.82, 2.24) is 19.9 Å². The normalized spacial score (nSPS) is 22.5. The summed E-state index contributed by atoms with van der Waals surface area (Å²) in [5, 5.41) is 16.3. The summed E-state index contributed by atoms with van der Waals surface area (Å²) in [6, 6.07) is 1.78. The molecule has 3 rings (SSSR count). The molecular weight excluding hydrogens is 292 g/mol. The predicted molar refractivity (Wildman–Crippen MR) is 77.4 cm³/mol. The van der Waals surface area contributed by atoms with E-state index in [1.165, 1.54) is 21.9 Å². The van der Waals surface area contributed by atoms with Gasteiger partial charge < -0.3 is 10.4 Å². The third-order valence-electron chi connectivity index (χ3n) is 3.89. The Morgan fingerprint density at radius 2 is 2.19 bits per heavy atom. The van der Waals surface area contributed by atoms with Crippen LogP contribution in [0.3, 0.4) is 0 Å². The molecule has 1 aliphatic rings. The highest BCUT2D eigenvalue weighted by atomic mass is 32.1. The Balaban J connectivity index is 1.60. The van der Waals surface area contributed by atoms with Crippen molar-refractivity contribution in [3.05, 3.63) is 27.6 Å². The predicted octanol–water partition coefficient (Wildman–Crippen LogP) is 0.884. The lowest BCUT2D eigenvalue weighted by Crippen LogP contribution is -2.35. The fourth-order valence-corrected chi connectivity index (χ4v) is 3.33. The molecule has 0 radical (unpaired) electrons. The van der Waals surface area contributed by atoms with Crippen LogP contribution in [0.1, 0.15) is 31.4 Å². The second kappa shape index (κ2) is 5.90. The number of rotatable bonds is 4. The van der Waals surface area contributed by atoms with Crippen molar-refractivity contribution in [2.24, 2.45) is 5.92 Å². The molecule has 0 amide bonds. The van der Waals surface area contributed by atoms with Crippen LogP contribution in [0, 0.1) is 5.92 Å². The second-order valence-corrected chi connectivity index (χ2v) is 6.10. The van der Waals surface area contributed by atoms with E-state index in [2.05, 4.69) is 15.4 Å². The van der Waals surface area contributed by atoms with Gasteiger partial charge in [0.15, 0.2) is 0 Å². The van der Waals surface area contributed by atoms with Crippen molar-refractivity contribution >= 4 is 22.3 Å². The van der Waals surface area contributed by atoms with E-state index in [0.29, 0.717) is 36.1 Å². The maximum Gasteiger partial charge on any atom is 0.306 e. The zero-order valence-electron chi connectivity index (χ0n) is 11.4. The Bertz CT molecular complexity index is 703. The van der Waals surface area contributed by atoms with E-state index in [4.69, 9.17) is 5.11 Å². The average Bonchev–Trinajstić information content (AvgIpc) is 2.94. The smallest absolute Gasteiger partial charge is 0.306 e. The fraction of sp³-hybridized carbons (Fsp3) is 0.538. The van der Waals surface area contributed by atoms with Crippen molar-refractivity contribution in [3.8, 4) is 0 Å². The fourth-order valence-electron chi connectivity index (χ4n) is 2.68. The molecule has 2 heterocycles. The molecule has 0 aliphatic heterocycles. The van der Waals surface area contributed by atoms with Gasteiger partial charge in [0, 0.05) is 18.7 Å². The highest BCUT2D eigenvalue weighted by Crippen LogP contribution is 2.24. The van der Waals surface area contributed by atoms with Gasteiger partial charge in [-0.3, -0.25) is 9.59 Å². The van der Waals surface area contributed by atoms with Crippen molar-refractivity contribution in [2.45, 2.75) is 38.3 Å². The molecule has 2 aromatic rings. The molecule has 1 saturated carbocycles. The molecule has 8 heteroatoms. The molecule has 0 bridgehead atoms. The zero-order valence-corrected chi connectivity index (χ0v) is 12.2. The van der Waals surface area contributed by atoms with Gasteiger partial charge >= 0.3 is 5.97 Å². The molecular formula is C13H16N4O3S. The summed E-state index contributed by atoms with van der Waals surface area (Å²) < 4.78 is 1.28. The minimum atomic E-state index is -0.696. The quantitative estimate of drug-likeness (QED) is 0.870. The Morgan fingerprint density at radius 1 is 1.43 bits per heavy atom. The van der Waals surface area contributed by atoms with Crippen LogP contribution < -0.4 is 10.9 Å². The van der Waals surface area contributed by atoms with Gasteiger partial charge in [0.05, 0.1) is 11.6 Å². The van der Waals surface area contributed by atoms with Crippen molar-refractivity contribution in [2.75, 3.05) is 0 Å². The van der Waals surface area contributed by atoms with Crippen LogP contribution in [0.2, 0.25) is 0 Å². The van der Waals surface area contributed by atoms with Crippen LogP contribution in [-0.2, 0) is 11.3 Å². The molecule has 0 spiro atoms. The number of aliphatic carboxylic acids is 1. The van der Waals surface area contributed by atoms with Gasteiger partial charge in [0.1, 0.15) is 5.51 Å². The monoisotopic (exact) mass is 308 g/mol. The standard InChI is InChI=1S/C13H16N4O3S/c18-11-5-10(16-13-17(11)15-7-21-13)6-14-9-3-1-8(2-4-9)12(19)20/h5,7-9,14H,1-4,6H2,(H,19,20). The van der Waals surface area contributed by atoms with E-state index in [9.17, 15) is 9.59 Å². The molecule has 21 heavy (non-hydrogen) atoms. The SMILES string of the molecule is O=C(O)C1CCC(NCc2cc(=O)n3ncsc3n2)CC1. The molecule has 1 aliphatic carbocycles. The van der Waals surface area contributed by atoms with Crippen molar-refractivity contribution < 1.29 is 9.90 Å². The van der Waals surface area contributed by atoms with Gasteiger partial charge in [-0.15, -0.1) is 0 Å². The topological polar surface area (TPSA) is 96.6 Å². The van der Waals surface area contributed by atoms with Gasteiger partial charge in [0.2, 0.25) is 4.96 Å². The summed E-state index contributed by atoms with van der Waals surface area (Å²) in [6.45, 7) is 0.520. The van der Waals surface area contributed by atoms with Crippen LogP contribution in [0.4, 0.5) is 0 Å². The van der Waals surface area contributed by atoms with E-state index < -0.39 is 5.97 Å². The van der Waals surface area contributed by atoms with Gasteiger partial charge in [-0.05, 0) is 25.7 Å². The number of hydrogen-bond donors (Lipinski definition) is 2. The Morgan fingerprint density at radius 3 is 2.90 bits per heavy atom. The molecule has 112 valence electrons. The molecule has 0 atom stereocenters. The van der Waals surface area contributed by atoms with Crippen molar-refractivity contribution in [3.63, 3.8) is 0 Å². The van der Waals surface area contributed by atoms with E-state index >= 15 is 0 Å². The van der Waals surface area contributed by atoms with Crippen molar-refractivity contribution in [1.29, 1.82) is 0 Å². The largest absolute Gasteiger partial charge is 0.481 e. The average molecular weight is 308 g/mol. The maximum atomic E-state index is 11.8. The number of aromatic nitrogens is 3. The van der Waals surface area contributed by atoms with E-state index in [-0.39, 0.29) is 11.5 Å². The van der Waals surface area contributed by atoms with Crippen LogP contribution in [-0.4, -0.2) is 31.7 Å². The van der Waals surface area contributed by atoms with Gasteiger partial charge in [-0.2, -0.15) is 9.61 Å². The number of carboxylic acid groups (broad SMARTS) is 1.